The van der Waals surface area contributed by atoms with Crippen LogP contribution < -0.4 is 10.3 Å². The van der Waals surface area contributed by atoms with Crippen LogP contribution in [0.1, 0.15) is 37.6 Å². The molecular weight excluding hydrogens is 450 g/mol. The Labute approximate surface area is 202 Å². The number of aryl methyl sites for hydroxylation is 2. The monoisotopic (exact) mass is 477 g/mol. The third kappa shape index (κ3) is 5.51. The van der Waals surface area contributed by atoms with Gasteiger partial charge >= 0.3 is 5.97 Å². The lowest BCUT2D eigenvalue weighted by atomic mass is 10.2. The highest BCUT2D eigenvalue weighted by atomic mass is 32.1. The van der Waals surface area contributed by atoms with Crippen molar-refractivity contribution in [3.05, 3.63) is 75.7 Å². The molecule has 0 spiro atoms. The summed E-state index contributed by atoms with van der Waals surface area (Å²) in [5.41, 5.74) is 3.46. The van der Waals surface area contributed by atoms with Gasteiger partial charge in [0.05, 0.1) is 30.3 Å². The molecule has 0 radical (unpaired) electrons. The molecule has 4 rings (SSSR count). The highest BCUT2D eigenvalue weighted by Gasteiger charge is 2.14. The maximum atomic E-state index is 13.0. The van der Waals surface area contributed by atoms with Crippen LogP contribution in [0.5, 0.6) is 5.75 Å². The summed E-state index contributed by atoms with van der Waals surface area (Å²) < 4.78 is 12.4. The quantitative estimate of drug-likeness (QED) is 0.299. The molecule has 0 atom stereocenters. The van der Waals surface area contributed by atoms with Gasteiger partial charge in [-0.3, -0.25) is 9.59 Å². The number of thiazole rings is 1. The first kappa shape index (κ1) is 23.6. The van der Waals surface area contributed by atoms with E-state index in [0.717, 1.165) is 40.2 Å². The number of nitrogens with zero attached hydrogens (tertiary/aromatic N) is 3. The second-order valence-electron chi connectivity index (χ2n) is 7.89. The fourth-order valence-electron chi connectivity index (χ4n) is 3.66. The molecule has 0 amide bonds. The van der Waals surface area contributed by atoms with Crippen molar-refractivity contribution in [2.24, 2.45) is 0 Å². The summed E-state index contributed by atoms with van der Waals surface area (Å²) in [6.45, 7) is 2.81. The molecule has 0 aliphatic heterocycles. The number of hydrogen-bond donors (Lipinski definition) is 0. The zero-order valence-corrected chi connectivity index (χ0v) is 20.1. The number of fused-ring (bicyclic) bond motifs is 1. The van der Waals surface area contributed by atoms with Gasteiger partial charge in [0.25, 0.3) is 5.56 Å². The number of hydrogen-bond acceptors (Lipinski definition) is 7. The minimum Gasteiger partial charge on any atom is -0.497 e. The Kier molecular flexibility index (Phi) is 7.69. The van der Waals surface area contributed by atoms with E-state index in [0.29, 0.717) is 17.9 Å². The van der Waals surface area contributed by atoms with Crippen LogP contribution >= 0.6 is 11.3 Å². The van der Waals surface area contributed by atoms with E-state index in [1.165, 1.54) is 11.3 Å². The Hall–Kier alpha value is -3.52. The Morgan fingerprint density at radius 2 is 1.97 bits per heavy atom. The van der Waals surface area contributed by atoms with E-state index in [4.69, 9.17) is 9.47 Å². The molecule has 0 N–H and O–H groups in total. The summed E-state index contributed by atoms with van der Waals surface area (Å²) in [6, 6.07) is 15.3. The zero-order valence-electron chi connectivity index (χ0n) is 19.3. The Morgan fingerprint density at radius 1 is 1.12 bits per heavy atom. The summed E-state index contributed by atoms with van der Waals surface area (Å²) in [4.78, 5) is 34.5. The number of unbranched alkanes of at least 4 members (excludes halogenated alkanes) is 1. The predicted octanol–water partition coefficient (Wildman–Crippen LogP) is 5.00. The molecule has 34 heavy (non-hydrogen) atoms. The third-order valence-electron chi connectivity index (χ3n) is 5.47. The van der Waals surface area contributed by atoms with E-state index in [2.05, 4.69) is 16.9 Å². The van der Waals surface area contributed by atoms with Gasteiger partial charge in [0.2, 0.25) is 0 Å². The summed E-state index contributed by atoms with van der Waals surface area (Å²) in [6.07, 6.45) is 2.21. The van der Waals surface area contributed by atoms with Gasteiger partial charge in [-0.15, -0.1) is 11.3 Å². The average molecular weight is 478 g/mol. The number of esters is 1. The largest absolute Gasteiger partial charge is 0.497 e. The summed E-state index contributed by atoms with van der Waals surface area (Å²) in [7, 11) is 1.62. The van der Waals surface area contributed by atoms with Crippen LogP contribution in [0.15, 0.2) is 58.7 Å². The molecule has 4 aromatic rings. The van der Waals surface area contributed by atoms with Crippen molar-refractivity contribution in [3.63, 3.8) is 0 Å². The predicted molar refractivity (Wildman–Crippen MR) is 133 cm³/mol. The van der Waals surface area contributed by atoms with Crippen molar-refractivity contribution >= 4 is 28.3 Å². The van der Waals surface area contributed by atoms with E-state index in [-0.39, 0.29) is 31.0 Å². The topological polar surface area (TPSA) is 83.3 Å². The number of carbonyl (C=O) groups excluding carboxylic acids is 1. The second kappa shape index (κ2) is 11.1. The van der Waals surface area contributed by atoms with Crippen LogP contribution in [0.3, 0.4) is 0 Å². The molecule has 8 heteroatoms. The Bertz CT molecular complexity index is 1350. The highest BCUT2D eigenvalue weighted by Crippen LogP contribution is 2.27. The number of benzene rings is 2. The van der Waals surface area contributed by atoms with Gasteiger partial charge in [0, 0.05) is 23.9 Å². The number of methoxy groups -OCH3 is 1. The van der Waals surface area contributed by atoms with E-state index in [1.807, 2.05) is 53.9 Å². The molecule has 0 saturated carbocycles. The first-order valence-corrected chi connectivity index (χ1v) is 12.2. The molecule has 0 unspecified atom stereocenters. The maximum absolute atomic E-state index is 13.0. The van der Waals surface area contributed by atoms with Crippen LogP contribution in [0, 0.1) is 0 Å². The molecule has 2 aromatic carbocycles. The molecule has 2 aromatic heterocycles. The standard InChI is InChI=1S/C26H27N3O4S/c1-3-4-14-29-23-11-6-5-10-21(23)28-22(26(29)31)12-13-24(30)33-16-19-17-34-25(27-19)18-8-7-9-20(15-18)32-2/h5-11,15,17H,3-4,12-14,16H2,1-2H3. The van der Waals surface area contributed by atoms with Gasteiger partial charge in [-0.25, -0.2) is 9.97 Å². The lowest BCUT2D eigenvalue weighted by molar-refractivity contribution is -0.145. The number of aromatic nitrogens is 3. The number of rotatable bonds is 10. The first-order chi connectivity index (χ1) is 16.6. The van der Waals surface area contributed by atoms with Gasteiger partial charge in [0.15, 0.2) is 0 Å². The van der Waals surface area contributed by atoms with Crippen molar-refractivity contribution in [2.45, 2.75) is 45.8 Å². The summed E-state index contributed by atoms with van der Waals surface area (Å²) in [5, 5.41) is 2.71. The molecule has 0 aliphatic rings. The molecule has 0 bridgehead atoms. The van der Waals surface area contributed by atoms with Gasteiger partial charge < -0.3 is 14.0 Å². The molecule has 0 saturated heterocycles. The maximum Gasteiger partial charge on any atom is 0.306 e. The molecule has 0 fully saturated rings. The molecule has 7 nitrogen and oxygen atoms in total. The smallest absolute Gasteiger partial charge is 0.306 e. The fourth-order valence-corrected chi connectivity index (χ4v) is 4.46. The van der Waals surface area contributed by atoms with E-state index < -0.39 is 0 Å². The molecule has 176 valence electrons. The van der Waals surface area contributed by atoms with Crippen molar-refractivity contribution in [1.29, 1.82) is 0 Å². The van der Waals surface area contributed by atoms with Crippen LogP contribution in [0.25, 0.3) is 21.6 Å². The first-order valence-electron chi connectivity index (χ1n) is 11.3. The summed E-state index contributed by atoms with van der Waals surface area (Å²) in [5.74, 6) is 0.377. The van der Waals surface area contributed by atoms with Gasteiger partial charge in [-0.05, 0) is 30.7 Å². The highest BCUT2D eigenvalue weighted by molar-refractivity contribution is 7.13. The van der Waals surface area contributed by atoms with E-state index >= 15 is 0 Å². The van der Waals surface area contributed by atoms with Gasteiger partial charge in [-0.1, -0.05) is 37.6 Å². The van der Waals surface area contributed by atoms with Gasteiger partial charge in [0.1, 0.15) is 23.1 Å². The van der Waals surface area contributed by atoms with Crippen molar-refractivity contribution in [3.8, 4) is 16.3 Å². The average Bonchev–Trinajstić information content (AvgIpc) is 3.35. The minimum absolute atomic E-state index is 0.0846. The Balaban J connectivity index is 1.39. The van der Waals surface area contributed by atoms with Crippen molar-refractivity contribution in [1.82, 2.24) is 14.5 Å². The lowest BCUT2D eigenvalue weighted by Gasteiger charge is -2.11. The minimum atomic E-state index is -0.384. The molecule has 0 aliphatic carbocycles. The van der Waals surface area contributed by atoms with Gasteiger partial charge in [-0.2, -0.15) is 0 Å². The SMILES string of the molecule is CCCCn1c(=O)c(CCC(=O)OCc2csc(-c3cccc(OC)c3)n2)nc2ccccc21. The molecular formula is C26H27N3O4S. The Morgan fingerprint density at radius 3 is 2.79 bits per heavy atom. The second-order valence-corrected chi connectivity index (χ2v) is 8.75. The van der Waals surface area contributed by atoms with Crippen LogP contribution in [-0.2, 0) is 29.1 Å². The van der Waals surface area contributed by atoms with Crippen LogP contribution in [-0.4, -0.2) is 27.6 Å². The number of para-hydroxylation sites is 2. The van der Waals surface area contributed by atoms with E-state index in [9.17, 15) is 9.59 Å². The summed E-state index contributed by atoms with van der Waals surface area (Å²) >= 11 is 1.48. The number of carbonyl (C=O) groups is 1. The van der Waals surface area contributed by atoms with Crippen LogP contribution in [0.4, 0.5) is 0 Å². The number of ether oxygens (including phenoxy) is 2. The van der Waals surface area contributed by atoms with E-state index in [1.54, 1.807) is 11.7 Å². The zero-order chi connectivity index (χ0) is 23.9. The molecule has 2 heterocycles. The van der Waals surface area contributed by atoms with Crippen molar-refractivity contribution in [2.75, 3.05) is 7.11 Å². The van der Waals surface area contributed by atoms with Crippen LogP contribution in [0.2, 0.25) is 0 Å². The lowest BCUT2D eigenvalue weighted by Crippen LogP contribution is -2.26. The van der Waals surface area contributed by atoms with Crippen molar-refractivity contribution < 1.29 is 14.3 Å². The fraction of sp³-hybridized carbons (Fsp3) is 0.308. The normalized spacial score (nSPS) is 11.0. The third-order valence-corrected chi connectivity index (χ3v) is 6.41.